The van der Waals surface area contributed by atoms with Crippen LogP contribution in [-0.4, -0.2) is 33.6 Å². The predicted octanol–water partition coefficient (Wildman–Crippen LogP) is 2.33. The number of nitrogens with zero attached hydrogens (tertiary/aromatic N) is 4. The Kier molecular flexibility index (Phi) is 4.01. The van der Waals surface area contributed by atoms with Crippen LogP contribution in [0.15, 0.2) is 35.5 Å². The number of nitrogens with two attached hydrogens (primary N) is 1. The van der Waals surface area contributed by atoms with Gasteiger partial charge in [0.05, 0.1) is 5.41 Å². The van der Waals surface area contributed by atoms with Crippen LogP contribution < -0.4 is 11.1 Å². The number of aromatic nitrogens is 2. The molecule has 1 aromatic heterocycles. The van der Waals surface area contributed by atoms with Crippen LogP contribution in [0.4, 0.5) is 15.9 Å². The zero-order chi connectivity index (χ0) is 19.3. The molecule has 7 nitrogen and oxygen atoms in total. The zero-order valence-corrected chi connectivity index (χ0v) is 15.5. The fraction of sp³-hybridized carbons (Fsp3) is 0.389. The molecule has 1 aliphatic rings. The topological polar surface area (TPSA) is 88.5 Å². The van der Waals surface area contributed by atoms with Gasteiger partial charge < -0.3 is 11.1 Å². The maximum atomic E-state index is 14.8. The van der Waals surface area contributed by atoms with Crippen molar-refractivity contribution >= 4 is 23.4 Å². The van der Waals surface area contributed by atoms with E-state index in [1.807, 2.05) is 13.1 Å². The largest absolute Gasteiger partial charge is 0.369 e. The Bertz CT molecular complexity index is 903. The lowest BCUT2D eigenvalue weighted by Gasteiger charge is -2.46. The van der Waals surface area contributed by atoms with Crippen molar-refractivity contribution in [3.05, 3.63) is 41.8 Å². The minimum Gasteiger partial charge on any atom is -0.369 e. The number of hydrogen-bond donors (Lipinski definition) is 2. The number of guanidine groups is 1. The van der Waals surface area contributed by atoms with Crippen molar-refractivity contribution in [2.45, 2.75) is 26.3 Å². The number of amides is 1. The third-order valence-electron chi connectivity index (χ3n) is 5.21. The van der Waals surface area contributed by atoms with Crippen molar-refractivity contribution in [1.82, 2.24) is 14.7 Å². The number of benzene rings is 1. The van der Waals surface area contributed by atoms with Gasteiger partial charge in [-0.15, -0.1) is 0 Å². The van der Waals surface area contributed by atoms with Gasteiger partial charge in [-0.25, -0.2) is 9.38 Å². The van der Waals surface area contributed by atoms with E-state index in [-0.39, 0.29) is 11.9 Å². The second kappa shape index (κ2) is 5.82. The molecular weight excluding hydrogens is 335 g/mol. The van der Waals surface area contributed by atoms with E-state index in [1.165, 1.54) is 11.0 Å². The van der Waals surface area contributed by atoms with Gasteiger partial charge in [-0.1, -0.05) is 0 Å². The number of anilines is 2. The van der Waals surface area contributed by atoms with Crippen LogP contribution in [0.25, 0.3) is 0 Å². The molecule has 3 rings (SSSR count). The van der Waals surface area contributed by atoms with Crippen LogP contribution >= 0.6 is 0 Å². The first-order valence-corrected chi connectivity index (χ1v) is 8.26. The lowest BCUT2D eigenvalue weighted by Crippen LogP contribution is -2.58. The first kappa shape index (κ1) is 17.9. The van der Waals surface area contributed by atoms with Gasteiger partial charge in [0, 0.05) is 37.6 Å². The Balaban J connectivity index is 2.10. The number of rotatable bonds is 3. The van der Waals surface area contributed by atoms with E-state index >= 15 is 0 Å². The minimum atomic E-state index is -1.15. The average molecular weight is 358 g/mol. The summed E-state index contributed by atoms with van der Waals surface area (Å²) in [4.78, 5) is 18.5. The van der Waals surface area contributed by atoms with Crippen molar-refractivity contribution in [2.24, 2.45) is 23.2 Å². The summed E-state index contributed by atoms with van der Waals surface area (Å²) in [6.45, 7) is 5.23. The molecule has 0 aliphatic carbocycles. The molecule has 1 unspecified atom stereocenters. The smallest absolute Gasteiger partial charge is 0.237 e. The van der Waals surface area contributed by atoms with Crippen molar-refractivity contribution < 1.29 is 9.18 Å². The van der Waals surface area contributed by atoms with Gasteiger partial charge in [0.1, 0.15) is 11.4 Å². The van der Waals surface area contributed by atoms with Crippen LogP contribution in [0.1, 0.15) is 26.3 Å². The molecule has 138 valence electrons. The Hall–Kier alpha value is -2.90. The quantitative estimate of drug-likeness (QED) is 0.881. The number of carbonyl (C=O) groups is 1. The molecule has 1 amide bonds. The monoisotopic (exact) mass is 358 g/mol. The Morgan fingerprint density at radius 2 is 1.88 bits per heavy atom. The molecule has 2 heterocycles. The summed E-state index contributed by atoms with van der Waals surface area (Å²) in [7, 11) is 3.38. The number of carbonyl (C=O) groups excluding carboxylic acids is 1. The average Bonchev–Trinajstić information content (AvgIpc) is 2.98. The summed E-state index contributed by atoms with van der Waals surface area (Å²) in [6.07, 6.45) is 1.80. The summed E-state index contributed by atoms with van der Waals surface area (Å²) >= 11 is 0. The molecule has 3 N–H and O–H groups in total. The third kappa shape index (κ3) is 2.61. The highest BCUT2D eigenvalue weighted by atomic mass is 19.1. The summed E-state index contributed by atoms with van der Waals surface area (Å²) in [6, 6.07) is 6.44. The third-order valence-corrected chi connectivity index (χ3v) is 5.21. The maximum absolute atomic E-state index is 14.8. The molecule has 0 fully saturated rings. The SMILES string of the molecule is CN1C(=O)C(C)(C)C(C)(c2cc(Nc3ccn(C)n3)ccc2F)N=C1N. The van der Waals surface area contributed by atoms with E-state index in [2.05, 4.69) is 15.4 Å². The van der Waals surface area contributed by atoms with Crippen molar-refractivity contribution in [1.29, 1.82) is 0 Å². The number of aryl methyl sites for hydroxylation is 1. The number of aliphatic imine (C=N–C) groups is 1. The van der Waals surface area contributed by atoms with Gasteiger partial charge in [0.25, 0.3) is 0 Å². The van der Waals surface area contributed by atoms with Crippen molar-refractivity contribution in [3.63, 3.8) is 0 Å². The van der Waals surface area contributed by atoms with Gasteiger partial charge in [0.15, 0.2) is 11.8 Å². The molecule has 1 atom stereocenters. The summed E-state index contributed by atoms with van der Waals surface area (Å²) < 4.78 is 16.4. The molecule has 26 heavy (non-hydrogen) atoms. The first-order chi connectivity index (χ1) is 12.1. The molecule has 0 spiro atoms. The van der Waals surface area contributed by atoms with E-state index in [4.69, 9.17) is 5.73 Å². The molecule has 8 heteroatoms. The number of nitrogens with one attached hydrogen (secondary N) is 1. The highest BCUT2D eigenvalue weighted by molar-refractivity contribution is 6.01. The van der Waals surface area contributed by atoms with Gasteiger partial charge in [-0.3, -0.25) is 14.4 Å². The molecule has 2 aromatic rings. The van der Waals surface area contributed by atoms with Gasteiger partial charge in [-0.2, -0.15) is 5.10 Å². The lowest BCUT2D eigenvalue weighted by molar-refractivity contribution is -0.140. The Morgan fingerprint density at radius 3 is 2.50 bits per heavy atom. The first-order valence-electron chi connectivity index (χ1n) is 8.26. The summed E-state index contributed by atoms with van der Waals surface area (Å²) in [5.41, 5.74) is 4.75. The van der Waals surface area contributed by atoms with E-state index in [0.717, 1.165) is 0 Å². The molecule has 1 aliphatic heterocycles. The van der Waals surface area contributed by atoms with Gasteiger partial charge >= 0.3 is 0 Å². The van der Waals surface area contributed by atoms with Crippen LogP contribution in [0.3, 0.4) is 0 Å². The molecule has 0 saturated carbocycles. The highest BCUT2D eigenvalue weighted by Crippen LogP contribution is 2.47. The highest BCUT2D eigenvalue weighted by Gasteiger charge is 2.53. The van der Waals surface area contributed by atoms with Crippen LogP contribution in [0, 0.1) is 11.2 Å². The Labute approximate surface area is 151 Å². The van der Waals surface area contributed by atoms with Crippen LogP contribution in [-0.2, 0) is 17.4 Å². The summed E-state index contributed by atoms with van der Waals surface area (Å²) in [5.74, 6) is 0.0484. The normalized spacial score (nSPS) is 22.3. The van der Waals surface area contributed by atoms with Crippen LogP contribution in [0.2, 0.25) is 0 Å². The Morgan fingerprint density at radius 1 is 1.19 bits per heavy atom. The number of halogens is 1. The lowest BCUT2D eigenvalue weighted by atomic mass is 9.67. The maximum Gasteiger partial charge on any atom is 0.237 e. The van der Waals surface area contributed by atoms with E-state index in [9.17, 15) is 9.18 Å². The molecular formula is C18H23FN6O. The second-order valence-corrected chi connectivity index (χ2v) is 7.23. The number of hydrogen-bond acceptors (Lipinski definition) is 5. The molecule has 0 bridgehead atoms. The van der Waals surface area contributed by atoms with E-state index in [1.54, 1.807) is 50.8 Å². The predicted molar refractivity (Wildman–Crippen MR) is 98.4 cm³/mol. The molecule has 0 radical (unpaired) electrons. The fourth-order valence-electron chi connectivity index (χ4n) is 3.18. The van der Waals surface area contributed by atoms with Gasteiger partial charge in [-0.05, 0) is 39.0 Å². The fourth-order valence-corrected chi connectivity index (χ4v) is 3.18. The van der Waals surface area contributed by atoms with Crippen molar-refractivity contribution in [3.8, 4) is 0 Å². The van der Waals surface area contributed by atoms with Crippen LogP contribution in [0.5, 0.6) is 0 Å². The molecule has 0 saturated heterocycles. The van der Waals surface area contributed by atoms with E-state index < -0.39 is 16.8 Å². The van der Waals surface area contributed by atoms with Gasteiger partial charge in [0.2, 0.25) is 5.91 Å². The second-order valence-electron chi connectivity index (χ2n) is 7.23. The van der Waals surface area contributed by atoms with Crippen molar-refractivity contribution in [2.75, 3.05) is 12.4 Å². The summed E-state index contributed by atoms with van der Waals surface area (Å²) in [5, 5.41) is 7.39. The standard InChI is InChI=1S/C18H23FN6O/c1-17(2)15(26)25(5)16(20)22-18(17,3)12-10-11(6-7-13(12)19)21-14-8-9-24(4)23-14/h6-10H,1-5H3,(H2,20,22)(H,21,23). The van der Waals surface area contributed by atoms with E-state index in [0.29, 0.717) is 17.1 Å². The zero-order valence-electron chi connectivity index (χ0n) is 15.5. The molecule has 1 aromatic carbocycles. The minimum absolute atomic E-state index is 0.0688.